The third-order valence-electron chi connectivity index (χ3n) is 5.46. The van der Waals surface area contributed by atoms with Crippen molar-refractivity contribution in [1.82, 2.24) is 10.6 Å². The first-order valence-corrected chi connectivity index (χ1v) is 11.1. The van der Waals surface area contributed by atoms with Gasteiger partial charge in [-0.25, -0.2) is 4.79 Å². The third-order valence-corrected chi connectivity index (χ3v) is 6.29. The van der Waals surface area contributed by atoms with E-state index in [0.29, 0.717) is 12.8 Å². The van der Waals surface area contributed by atoms with E-state index in [0.717, 1.165) is 18.4 Å². The summed E-state index contributed by atoms with van der Waals surface area (Å²) in [5.41, 5.74) is -0.322. The van der Waals surface area contributed by atoms with Crippen LogP contribution in [0.25, 0.3) is 0 Å². The largest absolute Gasteiger partial charge is 0.508 e. The molecule has 1 aliphatic carbocycles. The number of ether oxygens (including phenoxy) is 1. The van der Waals surface area contributed by atoms with Crippen molar-refractivity contribution in [3.63, 3.8) is 0 Å². The molecule has 0 saturated heterocycles. The molecule has 170 valence electrons. The summed E-state index contributed by atoms with van der Waals surface area (Å²) in [6, 6.07) is 5.44. The third kappa shape index (κ3) is 6.75. The van der Waals surface area contributed by atoms with Gasteiger partial charge >= 0.3 is 5.97 Å². The van der Waals surface area contributed by atoms with E-state index >= 15 is 0 Å². The highest BCUT2D eigenvalue weighted by Crippen LogP contribution is 2.31. The van der Waals surface area contributed by atoms with E-state index in [2.05, 4.69) is 29.8 Å². The zero-order valence-electron chi connectivity index (χ0n) is 18.1. The van der Waals surface area contributed by atoms with Crippen molar-refractivity contribution >= 4 is 30.4 Å². The number of hydrogen-bond acceptors (Lipinski definition) is 6. The first kappa shape index (κ1) is 24.8. The van der Waals surface area contributed by atoms with Crippen molar-refractivity contribution in [2.75, 3.05) is 6.61 Å². The van der Waals surface area contributed by atoms with Crippen LogP contribution in [0.2, 0.25) is 0 Å². The highest BCUT2D eigenvalue weighted by Gasteiger charge is 2.44. The quantitative estimate of drug-likeness (QED) is 0.250. The Kier molecular flexibility index (Phi) is 8.98. The topological polar surface area (TPSA) is 105 Å². The molecule has 1 aromatic rings. The Morgan fingerprint density at radius 3 is 2.39 bits per heavy atom. The van der Waals surface area contributed by atoms with Gasteiger partial charge in [0, 0.05) is 6.42 Å². The molecule has 1 aromatic carbocycles. The highest BCUT2D eigenvalue weighted by molar-refractivity contribution is 7.81. The second-order valence-corrected chi connectivity index (χ2v) is 8.84. The minimum absolute atomic E-state index is 0.0148. The van der Waals surface area contributed by atoms with Crippen LogP contribution in [0.5, 0.6) is 5.75 Å². The lowest BCUT2D eigenvalue weighted by atomic mass is 9.94. The van der Waals surface area contributed by atoms with Crippen LogP contribution < -0.4 is 10.6 Å². The summed E-state index contributed by atoms with van der Waals surface area (Å²) in [6.45, 7) is 7.34. The summed E-state index contributed by atoms with van der Waals surface area (Å²) in [5, 5.41) is 14.7. The van der Waals surface area contributed by atoms with Gasteiger partial charge in [-0.05, 0) is 36.5 Å². The molecule has 8 heteroatoms. The second kappa shape index (κ2) is 11.2. The fourth-order valence-corrected chi connectivity index (χ4v) is 3.66. The van der Waals surface area contributed by atoms with Crippen LogP contribution in [0.3, 0.4) is 0 Å². The van der Waals surface area contributed by atoms with Crippen molar-refractivity contribution < 1.29 is 24.2 Å². The monoisotopic (exact) mass is 448 g/mol. The van der Waals surface area contributed by atoms with Crippen LogP contribution in [-0.4, -0.2) is 46.3 Å². The molecule has 0 spiro atoms. The number of phenols is 1. The van der Waals surface area contributed by atoms with Crippen LogP contribution in [0.4, 0.5) is 0 Å². The number of esters is 1. The van der Waals surface area contributed by atoms with Gasteiger partial charge in [0.15, 0.2) is 0 Å². The molecule has 0 unspecified atom stereocenters. The standard InChI is InChI=1S/C23H32N2O5S/c1-4-13-30-21(28)18(14-16-7-9-17(26)10-8-16)24-22(29)23(11-5-6-12-23)25-20(27)19(31)15(2)3/h4,7-10,15,18-19,26,31H,1,5-6,11-14H2,2-3H3,(H,24,29)(H,25,27)/t18-,19-/m0/s1. The Morgan fingerprint density at radius 1 is 1.23 bits per heavy atom. The number of carbonyl (C=O) groups is 3. The van der Waals surface area contributed by atoms with Gasteiger partial charge in [-0.2, -0.15) is 12.6 Å². The molecule has 2 atom stereocenters. The average Bonchev–Trinajstić information content (AvgIpc) is 3.21. The molecule has 1 fully saturated rings. The number of phenolic OH excluding ortho intramolecular Hbond substituents is 1. The number of aromatic hydroxyl groups is 1. The fraction of sp³-hybridized carbons (Fsp3) is 0.522. The Labute approximate surface area is 189 Å². The Balaban J connectivity index is 2.20. The van der Waals surface area contributed by atoms with Gasteiger partial charge in [-0.1, -0.05) is 51.5 Å². The normalized spacial score (nSPS) is 16.9. The SMILES string of the molecule is C=CCOC(=O)[C@H](Cc1ccc(O)cc1)NC(=O)C1(NC(=O)[C@@H](S)C(C)C)CCCC1. The summed E-state index contributed by atoms with van der Waals surface area (Å²) in [7, 11) is 0. The van der Waals surface area contributed by atoms with Crippen molar-refractivity contribution in [2.24, 2.45) is 5.92 Å². The van der Waals surface area contributed by atoms with Crippen molar-refractivity contribution in [1.29, 1.82) is 0 Å². The first-order valence-electron chi connectivity index (χ1n) is 10.5. The molecule has 31 heavy (non-hydrogen) atoms. The van der Waals surface area contributed by atoms with Gasteiger partial charge in [0.2, 0.25) is 11.8 Å². The lowest BCUT2D eigenvalue weighted by Crippen LogP contribution is -2.61. The molecule has 1 saturated carbocycles. The zero-order valence-corrected chi connectivity index (χ0v) is 19.0. The van der Waals surface area contributed by atoms with Crippen molar-refractivity contribution in [3.8, 4) is 5.75 Å². The minimum atomic E-state index is -1.07. The number of benzene rings is 1. The number of amides is 2. The molecule has 2 rings (SSSR count). The summed E-state index contributed by atoms with van der Waals surface area (Å²) in [6.07, 6.45) is 4.24. The molecular weight excluding hydrogens is 416 g/mol. The molecule has 1 aliphatic rings. The van der Waals surface area contributed by atoms with Crippen LogP contribution in [0.15, 0.2) is 36.9 Å². The van der Waals surface area contributed by atoms with Crippen LogP contribution in [0.1, 0.15) is 45.1 Å². The summed E-state index contributed by atoms with van der Waals surface area (Å²) in [5.74, 6) is -1.16. The predicted octanol–water partition coefficient (Wildman–Crippen LogP) is 2.53. The van der Waals surface area contributed by atoms with E-state index in [1.807, 2.05) is 13.8 Å². The molecule has 3 N–H and O–H groups in total. The van der Waals surface area contributed by atoms with E-state index in [4.69, 9.17) is 4.74 Å². The average molecular weight is 449 g/mol. The van der Waals surface area contributed by atoms with Gasteiger partial charge in [-0.15, -0.1) is 0 Å². The van der Waals surface area contributed by atoms with E-state index in [1.165, 1.54) is 18.2 Å². The number of hydrogen-bond donors (Lipinski definition) is 4. The maximum Gasteiger partial charge on any atom is 0.329 e. The highest BCUT2D eigenvalue weighted by atomic mass is 32.1. The van der Waals surface area contributed by atoms with Crippen LogP contribution >= 0.6 is 12.6 Å². The first-order chi connectivity index (χ1) is 14.7. The molecule has 7 nitrogen and oxygen atoms in total. The van der Waals surface area contributed by atoms with Crippen molar-refractivity contribution in [2.45, 2.75) is 62.8 Å². The Morgan fingerprint density at radius 2 is 1.84 bits per heavy atom. The maximum absolute atomic E-state index is 13.3. The van der Waals surface area contributed by atoms with Gasteiger partial charge in [-0.3, -0.25) is 9.59 Å². The van der Waals surface area contributed by atoms with Gasteiger partial charge < -0.3 is 20.5 Å². The molecule has 0 radical (unpaired) electrons. The molecule has 0 bridgehead atoms. The lowest BCUT2D eigenvalue weighted by molar-refractivity contribution is -0.147. The van der Waals surface area contributed by atoms with Crippen LogP contribution in [-0.2, 0) is 25.5 Å². The molecule has 0 heterocycles. The van der Waals surface area contributed by atoms with Gasteiger partial charge in [0.05, 0.1) is 5.25 Å². The Bertz CT molecular complexity index is 788. The summed E-state index contributed by atoms with van der Waals surface area (Å²) >= 11 is 4.37. The molecular formula is C23H32N2O5S. The molecule has 0 aliphatic heterocycles. The van der Waals surface area contributed by atoms with E-state index < -0.39 is 28.7 Å². The smallest absolute Gasteiger partial charge is 0.329 e. The number of rotatable bonds is 10. The lowest BCUT2D eigenvalue weighted by Gasteiger charge is -2.32. The van der Waals surface area contributed by atoms with Crippen LogP contribution in [0, 0.1) is 5.92 Å². The Hall–Kier alpha value is -2.48. The minimum Gasteiger partial charge on any atom is -0.508 e. The van der Waals surface area contributed by atoms with Gasteiger partial charge in [0.25, 0.3) is 0 Å². The summed E-state index contributed by atoms with van der Waals surface area (Å²) < 4.78 is 5.18. The summed E-state index contributed by atoms with van der Waals surface area (Å²) in [4.78, 5) is 38.6. The zero-order chi connectivity index (χ0) is 23.0. The number of nitrogens with one attached hydrogen (secondary N) is 2. The molecule has 2 amide bonds. The van der Waals surface area contributed by atoms with E-state index in [9.17, 15) is 19.5 Å². The predicted molar refractivity (Wildman–Crippen MR) is 122 cm³/mol. The van der Waals surface area contributed by atoms with Gasteiger partial charge in [0.1, 0.15) is 23.9 Å². The number of thiol groups is 1. The second-order valence-electron chi connectivity index (χ2n) is 8.28. The van der Waals surface area contributed by atoms with E-state index in [-0.39, 0.29) is 30.6 Å². The number of carbonyl (C=O) groups excluding carboxylic acids is 3. The molecule has 0 aromatic heterocycles. The van der Waals surface area contributed by atoms with E-state index in [1.54, 1.807) is 12.1 Å². The van der Waals surface area contributed by atoms with Crippen molar-refractivity contribution in [3.05, 3.63) is 42.5 Å². The fourth-order valence-electron chi connectivity index (χ4n) is 3.60. The maximum atomic E-state index is 13.3.